The Balaban J connectivity index is 1.20. The number of aliphatic hydroxyl groups is 18. The quantitative estimate of drug-likeness (QED) is 0.0222. The molecule has 0 radical (unpaired) electrons. The number of unbranched alkanes of at least 4 members (excludes halogenated alkanes) is 25. The lowest BCUT2D eigenvalue weighted by Gasteiger charge is -2.51. The van der Waals surface area contributed by atoms with Gasteiger partial charge in [0.2, 0.25) is 17.7 Å². The number of allylic oxidation sites excluding steroid dienone is 1. The van der Waals surface area contributed by atoms with Crippen molar-refractivity contribution in [3.05, 3.63) is 12.2 Å². The van der Waals surface area contributed by atoms with Crippen LogP contribution in [-0.4, -0.2) is 352 Å². The maximum absolute atomic E-state index is 13.6. The van der Waals surface area contributed by atoms with Gasteiger partial charge in [-0.1, -0.05) is 180 Å². The Kier molecular flexibility index (Phi) is 45.5. The van der Waals surface area contributed by atoms with Gasteiger partial charge >= 0.3 is 0 Å². The summed E-state index contributed by atoms with van der Waals surface area (Å²) in [5, 5.41) is 208. The molecule has 0 spiro atoms. The maximum atomic E-state index is 13.6. The highest BCUT2D eigenvalue weighted by Gasteiger charge is 2.59. The minimum absolute atomic E-state index is 0.150. The number of rotatable bonds is 52. The summed E-state index contributed by atoms with van der Waals surface area (Å²) >= 11 is 0. The van der Waals surface area contributed by atoms with Crippen molar-refractivity contribution >= 4 is 17.7 Å². The fourth-order valence-electron chi connectivity index (χ4n) is 15.1. The third-order valence-electron chi connectivity index (χ3n) is 21.7. The molecule has 0 aromatic rings. The zero-order valence-electron chi connectivity index (χ0n) is 65.6. The number of hydrogen-bond acceptors (Lipinski definition) is 33. The molecule has 0 aliphatic carbocycles. The number of carbonyl (C=O) groups excluding carboxylic acids is 3. The predicted octanol–water partition coefficient (Wildman–Crippen LogP) is -2.42. The van der Waals surface area contributed by atoms with E-state index in [9.17, 15) is 106 Å². The van der Waals surface area contributed by atoms with Gasteiger partial charge in [-0.3, -0.25) is 14.4 Å². The number of hydrogen-bond donors (Lipinski definition) is 21. The Morgan fingerprint density at radius 2 is 0.688 bits per heavy atom. The fraction of sp³-hybridized carbons (Fsp3) is 0.934. The van der Waals surface area contributed by atoms with Gasteiger partial charge < -0.3 is 165 Å². The lowest BCUT2D eigenvalue weighted by Crippen LogP contribution is -2.71. The Labute approximate surface area is 656 Å². The van der Waals surface area contributed by atoms with Crippen LogP contribution in [0.1, 0.15) is 207 Å². The summed E-state index contributed by atoms with van der Waals surface area (Å²) in [6.07, 6.45) is -22.2. The van der Waals surface area contributed by atoms with Crippen LogP contribution in [-0.2, 0) is 71.2 Å². The van der Waals surface area contributed by atoms with E-state index in [-0.39, 0.29) is 12.3 Å². The molecule has 32 atom stereocenters. The first-order valence-corrected chi connectivity index (χ1v) is 41.0. The standard InChI is InChI=1S/C76H137N3O33/c1-5-7-9-11-13-15-17-19-20-22-24-26-28-30-32-34-52(89)79-44(45(88)33-31-29-27-25-23-21-18-16-14-12-10-8-6-2)41-101-73-63(98)61(96)67(50(39-84)106-73)109-76-65(100)70(68(51(40-85)107-76)110-71-53(77-42(3)86)58(93)55(90)46(35-80)102-71)112-72-54(78-43(4)87)59(94)66(49(38-83)105-72)108-75-64(99)69(57(92)48(37-82)104-75)111-74-62(97)60(95)56(91)47(36-81)103-74/h31,33,44-51,53-76,80-85,88,90-100H,5-30,32,34-41H2,1-4H3,(H,77,86)(H,78,87)(H,79,89)/b33-31+/t44-,45+,46?,47?,48?,49?,50?,51?,53?,54?,55-,56-,57-,58+,59+,60-,61+,62?,63?,64?,65?,66+,67+,68-,69-,70+,71-,72-,73+,74-,75-,76-/m0/s1. The monoisotopic (exact) mass is 1620 g/mol. The summed E-state index contributed by atoms with van der Waals surface area (Å²) < 4.78 is 72.0. The van der Waals surface area contributed by atoms with Crippen LogP contribution in [0.4, 0.5) is 0 Å². The summed E-state index contributed by atoms with van der Waals surface area (Å²) in [4.78, 5) is 39.4. The second-order valence-electron chi connectivity index (χ2n) is 30.7. The van der Waals surface area contributed by atoms with Crippen molar-refractivity contribution in [3.63, 3.8) is 0 Å². The normalized spacial score (nSPS) is 37.2. The van der Waals surface area contributed by atoms with Gasteiger partial charge in [-0.15, -0.1) is 0 Å². The molecule has 6 heterocycles. The molecule has 0 saturated carbocycles. The zero-order chi connectivity index (χ0) is 82.0. The molecule has 654 valence electrons. The van der Waals surface area contributed by atoms with E-state index in [1.54, 1.807) is 6.08 Å². The molecule has 36 nitrogen and oxygen atoms in total. The number of aliphatic hydroxyl groups excluding tert-OH is 18. The minimum atomic E-state index is -2.35. The molecule has 6 fully saturated rings. The highest BCUT2D eigenvalue weighted by molar-refractivity contribution is 5.76. The van der Waals surface area contributed by atoms with Crippen molar-refractivity contribution < 1.29 is 163 Å². The molecule has 0 bridgehead atoms. The van der Waals surface area contributed by atoms with Crippen LogP contribution in [0.2, 0.25) is 0 Å². The van der Waals surface area contributed by atoms with Crippen molar-refractivity contribution in [1.82, 2.24) is 16.0 Å². The molecule has 12 unspecified atom stereocenters. The first-order chi connectivity index (χ1) is 53.8. The Hall–Kier alpha value is -3.05. The molecule has 6 rings (SSSR count). The SMILES string of the molecule is CCCCCCCCCCCCC/C=C/[C@@H](O)[C@H](CO[C@@H]1OC(CO)[C@@H](O[C@@H]2OC(CO)[C@H](O[C@@H]3OC(CO)[C@H](O)[C@H](O)C3NC(C)=O)[C@H](O[C@@H]3OC(CO)[C@@H](O[C@@H]4OC(CO)[C@H](O)[C@H](O[C@@H]5OC(CO)[C@H](O)[C@H](O)C5O)C4O)[C@H](O)C3NC(C)=O)C2O)[C@H](O)C1O)NC(=O)CCCCCCCCCCCCCCCCC. The van der Waals surface area contributed by atoms with E-state index in [1.807, 2.05) is 6.08 Å². The van der Waals surface area contributed by atoms with Gasteiger partial charge in [0.1, 0.15) is 146 Å². The average Bonchev–Trinajstić information content (AvgIpc) is 0.758. The second kappa shape index (κ2) is 52.1. The van der Waals surface area contributed by atoms with Gasteiger partial charge in [0, 0.05) is 20.3 Å². The largest absolute Gasteiger partial charge is 0.394 e. The van der Waals surface area contributed by atoms with E-state index in [2.05, 4.69) is 29.8 Å². The smallest absolute Gasteiger partial charge is 0.220 e. The van der Waals surface area contributed by atoms with Gasteiger partial charge in [0.15, 0.2) is 37.7 Å². The Bertz CT molecular complexity index is 2600. The van der Waals surface area contributed by atoms with Crippen molar-refractivity contribution in [1.29, 1.82) is 0 Å². The van der Waals surface area contributed by atoms with Gasteiger partial charge in [-0.05, 0) is 19.3 Å². The van der Waals surface area contributed by atoms with Crippen LogP contribution in [0.5, 0.6) is 0 Å². The molecular weight excluding hydrogens is 1480 g/mol. The zero-order valence-corrected chi connectivity index (χ0v) is 65.6. The lowest BCUT2D eigenvalue weighted by molar-refractivity contribution is -0.397. The molecular formula is C76H137N3O33. The van der Waals surface area contributed by atoms with Gasteiger partial charge in [0.25, 0.3) is 0 Å². The molecule has 36 heteroatoms. The van der Waals surface area contributed by atoms with Crippen LogP contribution >= 0.6 is 0 Å². The maximum Gasteiger partial charge on any atom is 0.220 e. The number of ether oxygens (including phenoxy) is 12. The molecule has 0 aromatic heterocycles. The van der Waals surface area contributed by atoms with E-state index in [1.165, 1.54) is 109 Å². The summed E-state index contributed by atoms with van der Waals surface area (Å²) in [5.74, 6) is -2.08. The van der Waals surface area contributed by atoms with Crippen LogP contribution in [0.3, 0.4) is 0 Å². The predicted molar refractivity (Wildman–Crippen MR) is 394 cm³/mol. The molecule has 6 aliphatic heterocycles. The average molecular weight is 1620 g/mol. The molecule has 21 N–H and O–H groups in total. The van der Waals surface area contributed by atoms with Crippen molar-refractivity contribution in [2.75, 3.05) is 46.2 Å². The molecule has 0 aromatic carbocycles. The molecule has 6 aliphatic rings. The molecule has 3 amide bonds. The van der Waals surface area contributed by atoms with Gasteiger partial charge in [-0.25, -0.2) is 0 Å². The fourth-order valence-corrected chi connectivity index (χ4v) is 15.1. The van der Waals surface area contributed by atoms with Crippen LogP contribution in [0.15, 0.2) is 12.2 Å². The van der Waals surface area contributed by atoms with Crippen molar-refractivity contribution in [2.24, 2.45) is 0 Å². The van der Waals surface area contributed by atoms with Crippen molar-refractivity contribution in [2.45, 2.75) is 404 Å². The lowest BCUT2D eigenvalue weighted by atomic mass is 9.93. The van der Waals surface area contributed by atoms with E-state index < -0.39 is 254 Å². The van der Waals surface area contributed by atoms with E-state index in [0.29, 0.717) is 12.8 Å². The summed E-state index contributed by atoms with van der Waals surface area (Å²) in [6, 6.07) is -4.75. The molecule has 112 heavy (non-hydrogen) atoms. The number of carbonyl (C=O) groups is 3. The van der Waals surface area contributed by atoms with Crippen LogP contribution in [0.25, 0.3) is 0 Å². The van der Waals surface area contributed by atoms with E-state index in [4.69, 9.17) is 56.8 Å². The molecule has 6 saturated heterocycles. The number of nitrogens with one attached hydrogen (secondary N) is 3. The van der Waals surface area contributed by atoms with Crippen molar-refractivity contribution in [3.8, 4) is 0 Å². The third-order valence-corrected chi connectivity index (χ3v) is 21.7. The summed E-state index contributed by atoms with van der Waals surface area (Å²) in [5.41, 5.74) is 0. The van der Waals surface area contributed by atoms with Gasteiger partial charge in [-0.2, -0.15) is 0 Å². The highest BCUT2D eigenvalue weighted by Crippen LogP contribution is 2.39. The Morgan fingerprint density at radius 3 is 1.16 bits per heavy atom. The minimum Gasteiger partial charge on any atom is -0.394 e. The highest BCUT2D eigenvalue weighted by atomic mass is 16.8. The van der Waals surface area contributed by atoms with Crippen LogP contribution in [0, 0.1) is 0 Å². The second-order valence-corrected chi connectivity index (χ2v) is 30.7. The van der Waals surface area contributed by atoms with Crippen LogP contribution < -0.4 is 16.0 Å². The first kappa shape index (κ1) is 97.8. The summed E-state index contributed by atoms with van der Waals surface area (Å²) in [7, 11) is 0. The van der Waals surface area contributed by atoms with E-state index in [0.717, 1.165) is 65.2 Å². The Morgan fingerprint density at radius 1 is 0.348 bits per heavy atom. The third kappa shape index (κ3) is 29.4. The number of amides is 3. The topological polar surface area (TPSA) is 562 Å². The van der Waals surface area contributed by atoms with E-state index >= 15 is 0 Å². The first-order valence-electron chi connectivity index (χ1n) is 41.0. The van der Waals surface area contributed by atoms with Gasteiger partial charge in [0.05, 0.1) is 58.4 Å². The summed E-state index contributed by atoms with van der Waals surface area (Å²) in [6.45, 7) is -0.151.